The van der Waals surface area contributed by atoms with Crippen LogP contribution < -0.4 is 4.31 Å². The highest BCUT2D eigenvalue weighted by atomic mass is 35.5. The molecule has 0 aromatic heterocycles. The Balaban J connectivity index is 2.19. The largest absolute Gasteiger partial charge is 0.264 e. The molecule has 0 aliphatic heterocycles. The first kappa shape index (κ1) is 25.2. The van der Waals surface area contributed by atoms with Crippen LogP contribution in [0, 0.1) is 11.6 Å². The fraction of sp³-hybridized carbons (Fsp3) is 0.308. The van der Waals surface area contributed by atoms with Gasteiger partial charge in [0.2, 0.25) is 0 Å². The Morgan fingerprint density at radius 1 is 0.939 bits per heavy atom. The zero-order valence-electron chi connectivity index (χ0n) is 18.9. The number of rotatable bonds is 9. The van der Waals surface area contributed by atoms with Gasteiger partial charge in [0.15, 0.2) is 0 Å². The van der Waals surface area contributed by atoms with Gasteiger partial charge < -0.3 is 0 Å². The maximum absolute atomic E-state index is 14.9. The number of benzene rings is 3. The number of anilines is 1. The van der Waals surface area contributed by atoms with Crippen LogP contribution in [0.5, 0.6) is 0 Å². The normalized spacial score (nSPS) is 13.5. The van der Waals surface area contributed by atoms with Crippen molar-refractivity contribution in [2.45, 2.75) is 56.9 Å². The topological polar surface area (TPSA) is 37.4 Å². The van der Waals surface area contributed by atoms with Crippen LogP contribution in [0.1, 0.15) is 63.1 Å². The molecule has 0 heterocycles. The molecule has 3 rings (SSSR count). The van der Waals surface area contributed by atoms with Gasteiger partial charge in [-0.1, -0.05) is 62.6 Å². The summed E-state index contributed by atoms with van der Waals surface area (Å²) in [5, 5.41) is 0.376. The SMILES string of the molecule is CCCCC(C)c1ccccc1[C@@H](C)N(c1cc(F)ccc1F)S(=O)(=O)c1ccc(Cl)cc1. The fourth-order valence-electron chi connectivity index (χ4n) is 4.05. The molecule has 0 aliphatic rings. The van der Waals surface area contributed by atoms with Crippen molar-refractivity contribution in [1.82, 2.24) is 0 Å². The number of halogens is 3. The summed E-state index contributed by atoms with van der Waals surface area (Å²) in [5.74, 6) is -1.36. The number of sulfonamides is 1. The minimum Gasteiger partial charge on any atom is -0.256 e. The average molecular weight is 492 g/mol. The van der Waals surface area contributed by atoms with Crippen molar-refractivity contribution in [3.8, 4) is 0 Å². The van der Waals surface area contributed by atoms with Crippen molar-refractivity contribution < 1.29 is 17.2 Å². The highest BCUT2D eigenvalue weighted by Gasteiger charge is 2.34. The second-order valence-electron chi connectivity index (χ2n) is 8.20. The molecule has 2 atom stereocenters. The molecular formula is C26H28ClF2NO2S. The minimum absolute atomic E-state index is 0.0566. The molecule has 0 spiro atoms. The molecule has 33 heavy (non-hydrogen) atoms. The van der Waals surface area contributed by atoms with Gasteiger partial charge in [-0.3, -0.25) is 4.31 Å². The summed E-state index contributed by atoms with van der Waals surface area (Å²) < 4.78 is 57.6. The summed E-state index contributed by atoms with van der Waals surface area (Å²) in [5.41, 5.74) is 1.40. The molecular weight excluding hydrogens is 464 g/mol. The summed E-state index contributed by atoms with van der Waals surface area (Å²) in [7, 11) is -4.25. The van der Waals surface area contributed by atoms with Crippen molar-refractivity contribution in [2.24, 2.45) is 0 Å². The summed E-state index contributed by atoms with van der Waals surface area (Å²) in [6, 6.07) is 15.3. The molecule has 0 bridgehead atoms. The highest BCUT2D eigenvalue weighted by Crippen LogP contribution is 2.38. The summed E-state index contributed by atoms with van der Waals surface area (Å²) in [6.07, 6.45) is 3.03. The summed E-state index contributed by atoms with van der Waals surface area (Å²) in [4.78, 5) is -0.0566. The molecule has 3 nitrogen and oxygen atoms in total. The van der Waals surface area contributed by atoms with Gasteiger partial charge in [-0.05, 0) is 66.8 Å². The maximum atomic E-state index is 14.9. The predicted octanol–water partition coefficient (Wildman–Crippen LogP) is 7.87. The van der Waals surface area contributed by atoms with Crippen molar-refractivity contribution in [2.75, 3.05) is 4.31 Å². The number of unbranched alkanes of at least 4 members (excludes halogenated alkanes) is 1. The van der Waals surface area contributed by atoms with E-state index in [4.69, 9.17) is 11.6 Å². The van der Waals surface area contributed by atoms with Crippen molar-refractivity contribution >= 4 is 27.3 Å². The maximum Gasteiger partial charge on any atom is 0.264 e. The third-order valence-electron chi connectivity index (χ3n) is 5.84. The van der Waals surface area contributed by atoms with Crippen LogP contribution >= 0.6 is 11.6 Å². The Morgan fingerprint density at radius 2 is 1.58 bits per heavy atom. The Hall–Kier alpha value is -2.44. The summed E-state index contributed by atoms with van der Waals surface area (Å²) in [6.45, 7) is 5.92. The van der Waals surface area contributed by atoms with E-state index in [9.17, 15) is 17.2 Å². The van der Waals surface area contributed by atoms with E-state index >= 15 is 0 Å². The van der Waals surface area contributed by atoms with Crippen LogP contribution in [0.25, 0.3) is 0 Å². The third kappa shape index (κ3) is 5.56. The first-order valence-corrected chi connectivity index (χ1v) is 12.8. The standard InChI is InChI=1S/C26H28ClF2NO2S/c1-4-5-8-18(2)23-9-6-7-10-24(23)19(3)30(26-17-21(28)13-16-25(26)29)33(31,32)22-14-11-20(27)12-15-22/h6-7,9-19H,4-5,8H2,1-3H3/t18?,19-/m1/s1. The monoisotopic (exact) mass is 491 g/mol. The molecule has 0 amide bonds. The molecule has 1 unspecified atom stereocenters. The lowest BCUT2D eigenvalue weighted by atomic mass is 9.89. The van der Waals surface area contributed by atoms with E-state index in [0.717, 1.165) is 52.9 Å². The highest BCUT2D eigenvalue weighted by molar-refractivity contribution is 7.92. The first-order valence-electron chi connectivity index (χ1n) is 11.0. The van der Waals surface area contributed by atoms with E-state index in [1.165, 1.54) is 24.3 Å². The lowest BCUT2D eigenvalue weighted by molar-refractivity contribution is 0.567. The lowest BCUT2D eigenvalue weighted by Gasteiger charge is -2.33. The number of nitrogens with zero attached hydrogens (tertiary/aromatic N) is 1. The number of hydrogen-bond acceptors (Lipinski definition) is 2. The van der Waals surface area contributed by atoms with Gasteiger partial charge in [-0.2, -0.15) is 0 Å². The molecule has 0 N–H and O–H groups in total. The van der Waals surface area contributed by atoms with Crippen molar-refractivity contribution in [3.63, 3.8) is 0 Å². The van der Waals surface area contributed by atoms with E-state index < -0.39 is 27.7 Å². The van der Waals surface area contributed by atoms with Crippen LogP contribution in [0.15, 0.2) is 71.6 Å². The van der Waals surface area contributed by atoms with E-state index in [0.29, 0.717) is 5.02 Å². The van der Waals surface area contributed by atoms with Gasteiger partial charge in [0.1, 0.15) is 11.6 Å². The zero-order chi connectivity index (χ0) is 24.2. The van der Waals surface area contributed by atoms with Crippen LogP contribution in [0.3, 0.4) is 0 Å². The lowest BCUT2D eigenvalue weighted by Crippen LogP contribution is -2.35. The quantitative estimate of drug-likeness (QED) is 0.305. The second kappa shape index (κ2) is 10.7. The first-order chi connectivity index (χ1) is 15.7. The van der Waals surface area contributed by atoms with E-state index in [1.807, 2.05) is 24.3 Å². The molecule has 0 saturated carbocycles. The van der Waals surface area contributed by atoms with Crippen LogP contribution in [0.4, 0.5) is 14.5 Å². The van der Waals surface area contributed by atoms with Gasteiger partial charge >= 0.3 is 0 Å². The number of hydrogen-bond donors (Lipinski definition) is 0. The summed E-state index contributed by atoms with van der Waals surface area (Å²) >= 11 is 5.94. The zero-order valence-corrected chi connectivity index (χ0v) is 20.5. The Bertz CT molecular complexity index is 1200. The smallest absolute Gasteiger partial charge is 0.256 e. The molecule has 3 aromatic rings. The molecule has 7 heteroatoms. The Labute approximate surface area is 200 Å². The van der Waals surface area contributed by atoms with Gasteiger partial charge in [0.25, 0.3) is 10.0 Å². The average Bonchev–Trinajstić information content (AvgIpc) is 2.80. The fourth-order valence-corrected chi connectivity index (χ4v) is 5.82. The van der Waals surface area contributed by atoms with Gasteiger partial charge in [0.05, 0.1) is 16.6 Å². The molecule has 176 valence electrons. The van der Waals surface area contributed by atoms with Gasteiger partial charge in [-0.15, -0.1) is 0 Å². The molecule has 0 aliphatic carbocycles. The Morgan fingerprint density at radius 3 is 2.21 bits per heavy atom. The van der Waals surface area contributed by atoms with Crippen LogP contribution in [0.2, 0.25) is 5.02 Å². The second-order valence-corrected chi connectivity index (χ2v) is 10.5. The van der Waals surface area contributed by atoms with Gasteiger partial charge in [-0.25, -0.2) is 17.2 Å². The predicted molar refractivity (Wildman–Crippen MR) is 130 cm³/mol. The minimum atomic E-state index is -4.25. The van der Waals surface area contributed by atoms with Crippen molar-refractivity contribution in [1.29, 1.82) is 0 Å². The third-order valence-corrected chi connectivity index (χ3v) is 7.99. The molecule has 3 aromatic carbocycles. The molecule has 0 saturated heterocycles. The Kier molecular flexibility index (Phi) is 8.14. The van der Waals surface area contributed by atoms with Crippen LogP contribution in [-0.4, -0.2) is 8.42 Å². The van der Waals surface area contributed by atoms with Gasteiger partial charge in [0, 0.05) is 11.1 Å². The van der Waals surface area contributed by atoms with E-state index in [-0.39, 0.29) is 16.5 Å². The van der Waals surface area contributed by atoms with Crippen molar-refractivity contribution in [3.05, 3.63) is 94.5 Å². The van der Waals surface area contributed by atoms with E-state index in [1.54, 1.807) is 6.92 Å². The molecule has 0 fully saturated rings. The van der Waals surface area contributed by atoms with E-state index in [2.05, 4.69) is 13.8 Å². The molecule has 0 radical (unpaired) electrons. The van der Waals surface area contributed by atoms with Crippen LogP contribution in [-0.2, 0) is 10.0 Å².